The van der Waals surface area contributed by atoms with E-state index in [9.17, 15) is 42.5 Å². The number of rotatable bonds is 11. The van der Waals surface area contributed by atoms with Crippen molar-refractivity contribution in [3.05, 3.63) is 153 Å². The third kappa shape index (κ3) is 10.5. The third-order valence-corrected chi connectivity index (χ3v) is 7.71. The van der Waals surface area contributed by atoms with Crippen molar-refractivity contribution in [2.75, 3.05) is 10.6 Å². The summed E-state index contributed by atoms with van der Waals surface area (Å²) in [5, 5.41) is 18.6. The zero-order valence-electron chi connectivity index (χ0n) is 29.5. The summed E-state index contributed by atoms with van der Waals surface area (Å²) < 4.78 is 50.9. The Morgan fingerprint density at radius 1 is 0.836 bits per heavy atom. The van der Waals surface area contributed by atoms with Crippen LogP contribution < -0.4 is 16.0 Å². The van der Waals surface area contributed by atoms with Crippen LogP contribution in [0, 0.1) is 10.1 Å². The van der Waals surface area contributed by atoms with Crippen LogP contribution >= 0.6 is 0 Å². The minimum atomic E-state index is -4.64. The van der Waals surface area contributed by atoms with Gasteiger partial charge in [0.05, 0.1) is 16.2 Å². The van der Waals surface area contributed by atoms with Crippen LogP contribution in [0.25, 0.3) is 17.4 Å². The van der Waals surface area contributed by atoms with E-state index in [1.807, 2.05) is 0 Å². The van der Waals surface area contributed by atoms with Gasteiger partial charge >= 0.3 is 12.3 Å². The molecule has 5 rings (SSSR count). The zero-order chi connectivity index (χ0) is 39.9. The third-order valence-electron chi connectivity index (χ3n) is 7.71. The Balaban J connectivity index is 1.39. The Bertz CT molecular complexity index is 2240. The number of nitro groups is 1. The highest BCUT2D eigenvalue weighted by molar-refractivity contribution is 6.15. The fraction of sp³-hybridized carbons (Fsp3) is 0.150. The molecule has 1 heterocycles. The number of furan rings is 1. The summed E-state index contributed by atoms with van der Waals surface area (Å²) in [4.78, 5) is 63.7. The molecule has 1 unspecified atom stereocenters. The van der Waals surface area contributed by atoms with Crippen LogP contribution in [-0.2, 0) is 20.5 Å². The average Bonchev–Trinajstić information content (AvgIpc) is 3.62. The maximum Gasteiger partial charge on any atom is 0.416 e. The van der Waals surface area contributed by atoms with Crippen LogP contribution in [-0.4, -0.2) is 34.2 Å². The van der Waals surface area contributed by atoms with Crippen molar-refractivity contribution in [3.8, 4) is 11.3 Å². The van der Waals surface area contributed by atoms with E-state index in [0.29, 0.717) is 17.1 Å². The summed E-state index contributed by atoms with van der Waals surface area (Å²) in [5.74, 6) is -1.32. The average molecular weight is 755 g/mol. The van der Waals surface area contributed by atoms with E-state index in [1.165, 1.54) is 54.6 Å². The lowest BCUT2D eigenvalue weighted by atomic mass is 9.99. The molecule has 1 atom stereocenters. The van der Waals surface area contributed by atoms with Crippen LogP contribution in [0.15, 0.2) is 120 Å². The summed E-state index contributed by atoms with van der Waals surface area (Å²) >= 11 is 0. The lowest BCUT2D eigenvalue weighted by molar-refractivity contribution is -0.384. The van der Waals surface area contributed by atoms with Gasteiger partial charge in [-0.1, -0.05) is 42.5 Å². The highest BCUT2D eigenvalue weighted by atomic mass is 19.4. The highest BCUT2D eigenvalue weighted by Gasteiger charge is 2.32. The number of carbonyl (C=O) groups is 4. The van der Waals surface area contributed by atoms with Crippen molar-refractivity contribution in [1.82, 2.24) is 5.32 Å². The number of benzene rings is 4. The molecule has 0 aliphatic heterocycles. The fourth-order valence-corrected chi connectivity index (χ4v) is 5.15. The molecule has 1 aromatic heterocycles. The monoisotopic (exact) mass is 754 g/mol. The molecule has 3 N–H and O–H groups in total. The maximum atomic E-state index is 13.8. The van der Waals surface area contributed by atoms with Crippen LogP contribution in [0.1, 0.15) is 59.6 Å². The van der Waals surface area contributed by atoms with Gasteiger partial charge in [0.2, 0.25) is 5.91 Å². The van der Waals surface area contributed by atoms with Gasteiger partial charge in [0.1, 0.15) is 23.2 Å². The molecule has 12 nitrogen and oxygen atoms in total. The second kappa shape index (κ2) is 16.3. The van der Waals surface area contributed by atoms with Crippen LogP contribution in [0.4, 0.5) is 35.0 Å². The minimum Gasteiger partial charge on any atom is -0.457 e. The number of anilines is 2. The van der Waals surface area contributed by atoms with Crippen molar-refractivity contribution in [2.45, 2.75) is 38.6 Å². The van der Waals surface area contributed by atoms with E-state index in [4.69, 9.17) is 9.15 Å². The highest BCUT2D eigenvalue weighted by Crippen LogP contribution is 2.31. The molecule has 282 valence electrons. The Morgan fingerprint density at radius 2 is 1.51 bits per heavy atom. The number of non-ortho nitro benzene ring substituents is 1. The number of hydrogen-bond donors (Lipinski definition) is 3. The lowest BCUT2D eigenvalue weighted by Crippen LogP contribution is -2.40. The molecule has 0 aliphatic rings. The molecule has 0 aliphatic carbocycles. The van der Waals surface area contributed by atoms with E-state index in [1.54, 1.807) is 63.2 Å². The topological polar surface area (TPSA) is 170 Å². The molecule has 0 radical (unpaired) electrons. The van der Waals surface area contributed by atoms with Crippen molar-refractivity contribution < 1.29 is 46.4 Å². The normalized spacial score (nSPS) is 12.1. The van der Waals surface area contributed by atoms with Crippen molar-refractivity contribution in [2.24, 2.45) is 0 Å². The number of ketones is 1. The van der Waals surface area contributed by atoms with E-state index in [-0.39, 0.29) is 33.8 Å². The van der Waals surface area contributed by atoms with Gasteiger partial charge in [-0.3, -0.25) is 24.5 Å². The smallest absolute Gasteiger partial charge is 0.416 e. The fourth-order valence-electron chi connectivity index (χ4n) is 5.15. The van der Waals surface area contributed by atoms with E-state index < -0.39 is 52.0 Å². The Kier molecular flexibility index (Phi) is 11.6. The second-order valence-electron chi connectivity index (χ2n) is 13.0. The van der Waals surface area contributed by atoms with Gasteiger partial charge in [0.25, 0.3) is 11.6 Å². The molecule has 3 amide bonds. The molecule has 5 aromatic rings. The SMILES string of the molecule is CC(C)(C)OC(=O)NC(C(=O)Nc1ccc(NC(=O)/C=C/c2ccc(-c3ccc([N+](=O)[O-])cc3)o2)cc1C(=O)c1ccccc1)c1ccc(C(F)(F)F)cc1. The van der Waals surface area contributed by atoms with Crippen LogP contribution in [0.3, 0.4) is 0 Å². The van der Waals surface area contributed by atoms with Crippen molar-refractivity contribution in [3.63, 3.8) is 0 Å². The Hall–Kier alpha value is -7.03. The minimum absolute atomic E-state index is 0.000568. The first kappa shape index (κ1) is 39.2. The number of alkyl carbamates (subject to hydrolysis) is 1. The summed E-state index contributed by atoms with van der Waals surface area (Å²) in [5.41, 5.74) is -1.08. The summed E-state index contributed by atoms with van der Waals surface area (Å²) in [7, 11) is 0. The first-order valence-corrected chi connectivity index (χ1v) is 16.5. The molecule has 0 spiro atoms. The predicted molar refractivity (Wildman–Crippen MR) is 197 cm³/mol. The predicted octanol–water partition coefficient (Wildman–Crippen LogP) is 8.96. The number of alkyl halides is 3. The Morgan fingerprint density at radius 3 is 2.13 bits per heavy atom. The number of hydrogen-bond acceptors (Lipinski definition) is 8. The number of amides is 3. The molecule has 55 heavy (non-hydrogen) atoms. The summed E-state index contributed by atoms with van der Waals surface area (Å²) in [6.45, 7) is 4.78. The largest absolute Gasteiger partial charge is 0.457 e. The van der Waals surface area contributed by atoms with Gasteiger partial charge < -0.3 is 25.1 Å². The molecule has 4 aromatic carbocycles. The standard InChI is InChI=1S/C40H33F3N4O8/c1-39(2,3)55-38(51)46-35(25-9-13-27(14-10-25)40(41,42)43)37(50)45-32-20-15-28(23-31(32)36(49)26-7-5-4-6-8-26)44-34(48)22-19-30-18-21-33(54-30)24-11-16-29(17-12-24)47(52)53/h4-23,35H,1-3H3,(H,44,48)(H,45,50)(H,46,51)/b22-19+. The molecule has 0 saturated carbocycles. The number of halogens is 3. The van der Waals surface area contributed by atoms with Crippen molar-refractivity contribution in [1.29, 1.82) is 0 Å². The van der Waals surface area contributed by atoms with Gasteiger partial charge in [-0.25, -0.2) is 4.79 Å². The molecule has 0 fully saturated rings. The van der Waals surface area contributed by atoms with Gasteiger partial charge in [0.15, 0.2) is 5.78 Å². The van der Waals surface area contributed by atoms with Gasteiger partial charge in [-0.2, -0.15) is 13.2 Å². The van der Waals surface area contributed by atoms with Crippen molar-refractivity contribution >= 4 is 46.8 Å². The van der Waals surface area contributed by atoms with E-state index >= 15 is 0 Å². The number of nitrogens with one attached hydrogen (secondary N) is 3. The molecular weight excluding hydrogens is 721 g/mol. The molecule has 0 bridgehead atoms. The quantitative estimate of drug-likeness (QED) is 0.0519. The molecule has 0 saturated heterocycles. The first-order valence-electron chi connectivity index (χ1n) is 16.5. The number of carbonyl (C=O) groups excluding carboxylic acids is 4. The van der Waals surface area contributed by atoms with Crippen LogP contribution in [0.5, 0.6) is 0 Å². The molecular formula is C40H33F3N4O8. The summed E-state index contributed by atoms with van der Waals surface area (Å²) in [6.07, 6.45) is -3.08. The maximum absolute atomic E-state index is 13.8. The lowest BCUT2D eigenvalue weighted by Gasteiger charge is -2.24. The van der Waals surface area contributed by atoms with E-state index in [0.717, 1.165) is 24.3 Å². The van der Waals surface area contributed by atoms with Gasteiger partial charge in [0, 0.05) is 40.6 Å². The summed E-state index contributed by atoms with van der Waals surface area (Å²) in [6, 6.07) is 23.2. The second-order valence-corrected chi connectivity index (χ2v) is 13.0. The van der Waals surface area contributed by atoms with Gasteiger partial charge in [-0.15, -0.1) is 0 Å². The van der Waals surface area contributed by atoms with Crippen LogP contribution in [0.2, 0.25) is 0 Å². The zero-order valence-corrected chi connectivity index (χ0v) is 29.5. The number of nitrogens with zero attached hydrogens (tertiary/aromatic N) is 1. The molecule has 15 heteroatoms. The Labute approximate surface area is 312 Å². The first-order chi connectivity index (χ1) is 26.0. The number of nitro benzene ring substituents is 1. The van der Waals surface area contributed by atoms with Gasteiger partial charge in [-0.05, 0) is 87.0 Å². The number of ether oxygens (including phenoxy) is 1. The van der Waals surface area contributed by atoms with E-state index in [2.05, 4.69) is 16.0 Å².